The fourth-order valence-electron chi connectivity index (χ4n) is 2.58. The van der Waals surface area contributed by atoms with E-state index in [1.54, 1.807) is 34.5 Å². The standard InChI is InChI=1S/C15H13N7O2S/c23-14(13-12(4-7-25-13)22-9-17-19-20-22)18-10-2-1-3-11(8-10)21-6-5-16-15(21)24/h1-4,7-9H,5-6H2,(H,16,24)(H,18,23). The first-order valence-corrected chi connectivity index (χ1v) is 8.38. The molecule has 0 aliphatic carbocycles. The van der Waals surface area contributed by atoms with E-state index >= 15 is 0 Å². The number of amides is 3. The van der Waals surface area contributed by atoms with Crippen LogP contribution in [0.4, 0.5) is 16.2 Å². The number of thiophene rings is 1. The van der Waals surface area contributed by atoms with Gasteiger partial charge in [0.1, 0.15) is 11.2 Å². The van der Waals surface area contributed by atoms with Crippen molar-refractivity contribution in [2.75, 3.05) is 23.3 Å². The van der Waals surface area contributed by atoms with E-state index in [4.69, 9.17) is 0 Å². The molecular weight excluding hydrogens is 342 g/mol. The molecule has 0 radical (unpaired) electrons. The third-order valence-corrected chi connectivity index (χ3v) is 4.62. The maximum atomic E-state index is 12.6. The zero-order chi connectivity index (χ0) is 17.2. The molecule has 4 rings (SSSR count). The van der Waals surface area contributed by atoms with E-state index in [2.05, 4.69) is 26.2 Å². The lowest BCUT2D eigenvalue weighted by atomic mass is 10.2. The molecule has 10 heteroatoms. The first-order valence-electron chi connectivity index (χ1n) is 7.50. The summed E-state index contributed by atoms with van der Waals surface area (Å²) in [5.74, 6) is -0.261. The number of rotatable bonds is 4. The highest BCUT2D eigenvalue weighted by atomic mass is 32.1. The highest BCUT2D eigenvalue weighted by Gasteiger charge is 2.21. The number of anilines is 2. The van der Waals surface area contributed by atoms with Gasteiger partial charge in [-0.2, -0.15) is 4.68 Å². The zero-order valence-electron chi connectivity index (χ0n) is 12.9. The lowest BCUT2D eigenvalue weighted by Crippen LogP contribution is -2.27. The number of urea groups is 1. The number of aromatic nitrogens is 4. The van der Waals surface area contributed by atoms with E-state index < -0.39 is 0 Å². The van der Waals surface area contributed by atoms with E-state index in [-0.39, 0.29) is 11.9 Å². The van der Waals surface area contributed by atoms with Crippen molar-refractivity contribution < 1.29 is 9.59 Å². The monoisotopic (exact) mass is 355 g/mol. The van der Waals surface area contributed by atoms with Crippen molar-refractivity contribution >= 4 is 34.6 Å². The Morgan fingerprint density at radius 3 is 3.00 bits per heavy atom. The molecule has 1 aromatic carbocycles. The fraction of sp³-hybridized carbons (Fsp3) is 0.133. The van der Waals surface area contributed by atoms with Crippen molar-refractivity contribution in [3.63, 3.8) is 0 Å². The molecule has 3 amide bonds. The average molecular weight is 355 g/mol. The quantitative estimate of drug-likeness (QED) is 0.738. The van der Waals surface area contributed by atoms with Crippen LogP contribution in [0.1, 0.15) is 9.67 Å². The summed E-state index contributed by atoms with van der Waals surface area (Å²) >= 11 is 1.30. The van der Waals surface area contributed by atoms with Crippen molar-refractivity contribution in [3.05, 3.63) is 46.9 Å². The summed E-state index contributed by atoms with van der Waals surface area (Å²) in [6, 6.07) is 8.82. The SMILES string of the molecule is O=C(Nc1cccc(N2CCNC2=O)c1)c1sccc1-n1cnnn1. The molecule has 1 aliphatic rings. The fourth-order valence-corrected chi connectivity index (χ4v) is 3.36. The molecule has 126 valence electrons. The summed E-state index contributed by atoms with van der Waals surface area (Å²) in [5, 5.41) is 18.4. The molecule has 25 heavy (non-hydrogen) atoms. The number of nitrogens with zero attached hydrogens (tertiary/aromatic N) is 5. The summed E-state index contributed by atoms with van der Waals surface area (Å²) < 4.78 is 1.44. The molecule has 0 spiro atoms. The van der Waals surface area contributed by atoms with Crippen molar-refractivity contribution in [3.8, 4) is 5.69 Å². The Balaban J connectivity index is 1.56. The van der Waals surface area contributed by atoms with Crippen molar-refractivity contribution in [2.24, 2.45) is 0 Å². The van der Waals surface area contributed by atoms with Gasteiger partial charge >= 0.3 is 6.03 Å². The Bertz CT molecular complexity index is 922. The van der Waals surface area contributed by atoms with Crippen LogP contribution in [0.5, 0.6) is 0 Å². The van der Waals surface area contributed by atoms with Gasteiger partial charge in [-0.25, -0.2) is 4.79 Å². The number of nitrogens with one attached hydrogen (secondary N) is 2. The summed E-state index contributed by atoms with van der Waals surface area (Å²) in [7, 11) is 0. The van der Waals surface area contributed by atoms with Crippen LogP contribution in [-0.2, 0) is 0 Å². The molecule has 0 atom stereocenters. The van der Waals surface area contributed by atoms with Crippen LogP contribution in [0.2, 0.25) is 0 Å². The number of carbonyl (C=O) groups is 2. The Labute approximate surface area is 146 Å². The predicted octanol–water partition coefficient (Wildman–Crippen LogP) is 1.51. The minimum absolute atomic E-state index is 0.136. The number of benzene rings is 1. The van der Waals surface area contributed by atoms with Crippen LogP contribution in [0.15, 0.2) is 42.0 Å². The first kappa shape index (κ1) is 15.3. The second-order valence-electron chi connectivity index (χ2n) is 5.28. The van der Waals surface area contributed by atoms with E-state index in [0.717, 1.165) is 5.69 Å². The molecule has 3 aromatic rings. The molecule has 0 saturated carbocycles. The largest absolute Gasteiger partial charge is 0.336 e. The molecule has 1 saturated heterocycles. The lowest BCUT2D eigenvalue weighted by Gasteiger charge is -2.15. The Kier molecular flexibility index (Phi) is 3.86. The smallest absolute Gasteiger partial charge is 0.321 e. The topological polar surface area (TPSA) is 105 Å². The molecule has 0 unspecified atom stereocenters. The van der Waals surface area contributed by atoms with Gasteiger partial charge in [0.05, 0.1) is 5.69 Å². The van der Waals surface area contributed by atoms with Crippen LogP contribution in [0.25, 0.3) is 5.69 Å². The first-order chi connectivity index (χ1) is 12.2. The minimum Gasteiger partial charge on any atom is -0.336 e. The number of carbonyl (C=O) groups excluding carboxylic acids is 2. The molecule has 2 aromatic heterocycles. The molecule has 9 nitrogen and oxygen atoms in total. The van der Waals surface area contributed by atoms with Crippen molar-refractivity contribution in [2.45, 2.75) is 0 Å². The van der Waals surface area contributed by atoms with Gasteiger partial charge in [-0.3, -0.25) is 9.69 Å². The molecular formula is C15H13N7O2S. The molecule has 3 heterocycles. The van der Waals surface area contributed by atoms with Gasteiger partial charge in [0.2, 0.25) is 0 Å². The Hall–Kier alpha value is -3.27. The van der Waals surface area contributed by atoms with Crippen LogP contribution in [0, 0.1) is 0 Å². The highest BCUT2D eigenvalue weighted by Crippen LogP contribution is 2.24. The van der Waals surface area contributed by atoms with Gasteiger partial charge in [0.25, 0.3) is 5.91 Å². The summed E-state index contributed by atoms with van der Waals surface area (Å²) in [6.07, 6.45) is 1.44. The van der Waals surface area contributed by atoms with E-state index in [1.165, 1.54) is 22.3 Å². The normalized spacial score (nSPS) is 13.8. The van der Waals surface area contributed by atoms with Gasteiger partial charge in [0, 0.05) is 24.5 Å². The molecule has 1 aliphatic heterocycles. The average Bonchev–Trinajstić information content (AvgIpc) is 3.36. The molecule has 0 bridgehead atoms. The van der Waals surface area contributed by atoms with Gasteiger partial charge in [-0.1, -0.05) is 6.07 Å². The minimum atomic E-state index is -0.261. The van der Waals surface area contributed by atoms with Gasteiger partial charge < -0.3 is 10.6 Å². The van der Waals surface area contributed by atoms with E-state index in [0.29, 0.717) is 29.3 Å². The maximum Gasteiger partial charge on any atom is 0.321 e. The van der Waals surface area contributed by atoms with Gasteiger partial charge in [-0.15, -0.1) is 16.4 Å². The lowest BCUT2D eigenvalue weighted by molar-refractivity contribution is 0.103. The van der Waals surface area contributed by atoms with Crippen LogP contribution in [-0.4, -0.2) is 45.2 Å². The Morgan fingerprint density at radius 2 is 2.24 bits per heavy atom. The third kappa shape index (κ3) is 2.94. The summed E-state index contributed by atoms with van der Waals surface area (Å²) in [5.41, 5.74) is 1.96. The second kappa shape index (κ2) is 6.32. The molecule has 1 fully saturated rings. The number of hydrogen-bond acceptors (Lipinski definition) is 6. The maximum absolute atomic E-state index is 12.6. The number of hydrogen-bond donors (Lipinski definition) is 2. The van der Waals surface area contributed by atoms with Crippen molar-refractivity contribution in [1.82, 2.24) is 25.5 Å². The van der Waals surface area contributed by atoms with Gasteiger partial charge in [0.15, 0.2) is 0 Å². The highest BCUT2D eigenvalue weighted by molar-refractivity contribution is 7.12. The third-order valence-electron chi connectivity index (χ3n) is 3.72. The van der Waals surface area contributed by atoms with Crippen LogP contribution < -0.4 is 15.5 Å². The van der Waals surface area contributed by atoms with E-state index in [9.17, 15) is 9.59 Å². The second-order valence-corrected chi connectivity index (χ2v) is 6.19. The van der Waals surface area contributed by atoms with E-state index in [1.807, 2.05) is 6.07 Å². The summed E-state index contributed by atoms with van der Waals surface area (Å²) in [6.45, 7) is 1.21. The van der Waals surface area contributed by atoms with Crippen LogP contribution in [0.3, 0.4) is 0 Å². The van der Waals surface area contributed by atoms with Gasteiger partial charge in [-0.05, 0) is 40.1 Å². The molecule has 2 N–H and O–H groups in total. The summed E-state index contributed by atoms with van der Waals surface area (Å²) in [4.78, 5) is 26.5. The number of tetrazole rings is 1. The predicted molar refractivity (Wildman–Crippen MR) is 92.2 cm³/mol. The van der Waals surface area contributed by atoms with Crippen LogP contribution >= 0.6 is 11.3 Å². The zero-order valence-corrected chi connectivity index (χ0v) is 13.7. The Morgan fingerprint density at radius 1 is 1.32 bits per heavy atom. The van der Waals surface area contributed by atoms with Crippen molar-refractivity contribution in [1.29, 1.82) is 0 Å².